The van der Waals surface area contributed by atoms with Gasteiger partial charge in [0.2, 0.25) is 0 Å². The van der Waals surface area contributed by atoms with Gasteiger partial charge in [-0.1, -0.05) is 57.2 Å². The Hall–Kier alpha value is -2.33. The topological polar surface area (TPSA) is 52.6 Å². The average Bonchev–Trinajstić information content (AvgIpc) is 2.96. The van der Waals surface area contributed by atoms with Crippen LogP contribution in [0.15, 0.2) is 48.5 Å². The van der Waals surface area contributed by atoms with Gasteiger partial charge in [0.05, 0.1) is 12.6 Å². The lowest BCUT2D eigenvalue weighted by molar-refractivity contribution is 0.251. The molecule has 0 saturated carbocycles. The van der Waals surface area contributed by atoms with Crippen LogP contribution in [0.4, 0.5) is 10.5 Å². The molecule has 0 aromatic heterocycles. The molecule has 0 aliphatic carbocycles. The molecular formula is C20H24N2O2. The lowest BCUT2D eigenvalue weighted by Crippen LogP contribution is -2.29. The molecular weight excluding hydrogens is 300 g/mol. The summed E-state index contributed by atoms with van der Waals surface area (Å²) in [6.45, 7) is 7.17. The van der Waals surface area contributed by atoms with Crippen molar-refractivity contribution in [3.05, 3.63) is 65.2 Å². The van der Waals surface area contributed by atoms with Crippen LogP contribution in [0.5, 0.6) is 0 Å². The minimum absolute atomic E-state index is 0.00350. The van der Waals surface area contributed by atoms with Crippen molar-refractivity contribution >= 4 is 11.7 Å². The SMILES string of the molecule is CC(C)(C)c1cccc(C2CNC(=O)N2c2ccc(CO)cc2)c1. The van der Waals surface area contributed by atoms with E-state index in [0.29, 0.717) is 6.54 Å². The van der Waals surface area contributed by atoms with Crippen LogP contribution in [0.25, 0.3) is 0 Å². The van der Waals surface area contributed by atoms with E-state index in [4.69, 9.17) is 0 Å². The summed E-state index contributed by atoms with van der Waals surface area (Å²) in [5.74, 6) is 0. The third-order valence-electron chi connectivity index (χ3n) is 4.51. The van der Waals surface area contributed by atoms with Crippen molar-refractivity contribution in [3.63, 3.8) is 0 Å². The van der Waals surface area contributed by atoms with Gasteiger partial charge in [-0.25, -0.2) is 4.79 Å². The molecule has 1 atom stereocenters. The van der Waals surface area contributed by atoms with Crippen LogP contribution >= 0.6 is 0 Å². The first-order valence-electron chi connectivity index (χ1n) is 8.27. The summed E-state index contributed by atoms with van der Waals surface area (Å²) in [4.78, 5) is 14.2. The zero-order valence-electron chi connectivity index (χ0n) is 14.4. The molecule has 0 radical (unpaired) electrons. The van der Waals surface area contributed by atoms with Crippen molar-refractivity contribution < 1.29 is 9.90 Å². The Morgan fingerprint density at radius 3 is 2.50 bits per heavy atom. The number of hydrogen-bond acceptors (Lipinski definition) is 2. The zero-order chi connectivity index (χ0) is 17.3. The number of carbonyl (C=O) groups is 1. The Labute approximate surface area is 143 Å². The smallest absolute Gasteiger partial charge is 0.322 e. The largest absolute Gasteiger partial charge is 0.392 e. The fraction of sp³-hybridized carbons (Fsp3) is 0.350. The standard InChI is InChI=1S/C20H24N2O2/c1-20(2,3)16-6-4-5-15(11-16)18-12-21-19(24)22(18)17-9-7-14(13-23)8-10-17/h4-11,18,23H,12-13H2,1-3H3,(H,21,24). The van der Waals surface area contributed by atoms with Gasteiger partial charge in [0, 0.05) is 12.2 Å². The highest BCUT2D eigenvalue weighted by Gasteiger charge is 2.33. The summed E-state index contributed by atoms with van der Waals surface area (Å²) in [6.07, 6.45) is 0. The van der Waals surface area contributed by atoms with E-state index >= 15 is 0 Å². The molecule has 4 heteroatoms. The number of urea groups is 1. The Balaban J connectivity index is 1.96. The lowest BCUT2D eigenvalue weighted by atomic mass is 9.85. The maximum Gasteiger partial charge on any atom is 0.322 e. The van der Waals surface area contributed by atoms with E-state index in [9.17, 15) is 9.90 Å². The van der Waals surface area contributed by atoms with Crippen molar-refractivity contribution in [2.45, 2.75) is 38.8 Å². The molecule has 2 aromatic carbocycles. The van der Waals surface area contributed by atoms with E-state index in [0.717, 1.165) is 16.8 Å². The first-order chi connectivity index (χ1) is 11.4. The predicted molar refractivity (Wildman–Crippen MR) is 96.1 cm³/mol. The van der Waals surface area contributed by atoms with E-state index in [2.05, 4.69) is 50.4 Å². The number of anilines is 1. The minimum Gasteiger partial charge on any atom is -0.392 e. The molecule has 4 nitrogen and oxygen atoms in total. The molecule has 0 bridgehead atoms. The Bertz CT molecular complexity index is 732. The van der Waals surface area contributed by atoms with Gasteiger partial charge >= 0.3 is 6.03 Å². The molecule has 1 heterocycles. The van der Waals surface area contributed by atoms with Gasteiger partial charge in [-0.15, -0.1) is 0 Å². The number of nitrogens with one attached hydrogen (secondary N) is 1. The van der Waals surface area contributed by atoms with E-state index in [1.54, 1.807) is 4.90 Å². The van der Waals surface area contributed by atoms with Gasteiger partial charge in [-0.05, 0) is 34.2 Å². The normalized spacial score (nSPS) is 17.9. The number of amides is 2. The predicted octanol–water partition coefficient (Wildman–Crippen LogP) is 3.75. The third-order valence-corrected chi connectivity index (χ3v) is 4.51. The molecule has 1 fully saturated rings. The second-order valence-corrected chi connectivity index (χ2v) is 7.27. The maximum atomic E-state index is 12.4. The monoisotopic (exact) mass is 324 g/mol. The second-order valence-electron chi connectivity index (χ2n) is 7.27. The summed E-state index contributed by atoms with van der Waals surface area (Å²) in [5.41, 5.74) is 4.14. The molecule has 2 N–H and O–H groups in total. The van der Waals surface area contributed by atoms with Crippen LogP contribution in [-0.4, -0.2) is 17.7 Å². The highest BCUT2D eigenvalue weighted by atomic mass is 16.3. The fourth-order valence-electron chi connectivity index (χ4n) is 3.04. The molecule has 2 aromatic rings. The Morgan fingerprint density at radius 2 is 1.88 bits per heavy atom. The molecule has 126 valence electrons. The number of carbonyl (C=O) groups excluding carboxylic acids is 1. The van der Waals surface area contributed by atoms with Gasteiger partial charge in [-0.2, -0.15) is 0 Å². The minimum atomic E-state index is -0.0853. The zero-order valence-corrected chi connectivity index (χ0v) is 14.4. The third kappa shape index (κ3) is 3.15. The summed E-state index contributed by atoms with van der Waals surface area (Å²) in [7, 11) is 0. The summed E-state index contributed by atoms with van der Waals surface area (Å²) < 4.78 is 0. The number of aliphatic hydroxyl groups excluding tert-OH is 1. The van der Waals surface area contributed by atoms with E-state index < -0.39 is 0 Å². The van der Waals surface area contributed by atoms with Crippen LogP contribution in [0.1, 0.15) is 43.5 Å². The first-order valence-corrected chi connectivity index (χ1v) is 8.27. The van der Waals surface area contributed by atoms with E-state index in [-0.39, 0.29) is 24.1 Å². The number of aliphatic hydroxyl groups is 1. The fourth-order valence-corrected chi connectivity index (χ4v) is 3.04. The molecule has 1 aliphatic heterocycles. The van der Waals surface area contributed by atoms with Crippen molar-refractivity contribution in [2.75, 3.05) is 11.4 Å². The van der Waals surface area contributed by atoms with Gasteiger partial charge in [0.1, 0.15) is 0 Å². The van der Waals surface area contributed by atoms with Crippen molar-refractivity contribution in [1.29, 1.82) is 0 Å². The molecule has 1 saturated heterocycles. The quantitative estimate of drug-likeness (QED) is 0.903. The lowest BCUT2D eigenvalue weighted by Gasteiger charge is -2.26. The number of nitrogens with zero attached hydrogens (tertiary/aromatic N) is 1. The summed E-state index contributed by atoms with van der Waals surface area (Å²) >= 11 is 0. The number of rotatable bonds is 3. The highest BCUT2D eigenvalue weighted by Crippen LogP contribution is 2.33. The maximum absolute atomic E-state index is 12.4. The van der Waals surface area contributed by atoms with Crippen LogP contribution in [-0.2, 0) is 12.0 Å². The Morgan fingerprint density at radius 1 is 1.17 bits per heavy atom. The summed E-state index contributed by atoms with van der Waals surface area (Å²) in [6, 6.07) is 15.8. The molecule has 2 amide bonds. The van der Waals surface area contributed by atoms with Gasteiger partial charge in [0.25, 0.3) is 0 Å². The molecule has 3 rings (SSSR count). The molecule has 0 spiro atoms. The first kappa shape index (κ1) is 16.5. The van der Waals surface area contributed by atoms with Crippen LogP contribution in [0.2, 0.25) is 0 Å². The van der Waals surface area contributed by atoms with Crippen LogP contribution in [0, 0.1) is 0 Å². The van der Waals surface area contributed by atoms with Gasteiger partial charge < -0.3 is 10.4 Å². The number of benzene rings is 2. The highest BCUT2D eigenvalue weighted by molar-refractivity contribution is 5.95. The molecule has 24 heavy (non-hydrogen) atoms. The molecule has 1 unspecified atom stereocenters. The second kappa shape index (κ2) is 6.29. The van der Waals surface area contributed by atoms with Gasteiger partial charge in [-0.3, -0.25) is 4.90 Å². The van der Waals surface area contributed by atoms with Crippen molar-refractivity contribution in [1.82, 2.24) is 5.32 Å². The summed E-state index contributed by atoms with van der Waals surface area (Å²) in [5, 5.41) is 12.1. The van der Waals surface area contributed by atoms with Crippen LogP contribution < -0.4 is 10.2 Å². The van der Waals surface area contributed by atoms with Crippen molar-refractivity contribution in [3.8, 4) is 0 Å². The Kier molecular flexibility index (Phi) is 4.33. The van der Waals surface area contributed by atoms with E-state index in [1.807, 2.05) is 24.3 Å². The van der Waals surface area contributed by atoms with E-state index in [1.165, 1.54) is 5.56 Å². The average molecular weight is 324 g/mol. The van der Waals surface area contributed by atoms with Gasteiger partial charge in [0.15, 0.2) is 0 Å². The molecule has 1 aliphatic rings. The van der Waals surface area contributed by atoms with Crippen LogP contribution in [0.3, 0.4) is 0 Å². The van der Waals surface area contributed by atoms with Crippen molar-refractivity contribution in [2.24, 2.45) is 0 Å². The number of hydrogen-bond donors (Lipinski definition) is 2.